The van der Waals surface area contributed by atoms with E-state index in [1.165, 1.54) is 5.56 Å². The first-order valence-electron chi connectivity index (χ1n) is 9.76. The molecule has 1 saturated heterocycles. The first-order chi connectivity index (χ1) is 14.8. The molecule has 4 aromatic rings. The van der Waals surface area contributed by atoms with E-state index in [-0.39, 0.29) is 18.0 Å². The van der Waals surface area contributed by atoms with Gasteiger partial charge in [-0.2, -0.15) is 9.97 Å². The molecule has 1 aliphatic rings. The Labute approximate surface area is 173 Å². The van der Waals surface area contributed by atoms with Crippen LogP contribution in [0.4, 0.5) is 5.69 Å². The van der Waals surface area contributed by atoms with E-state index >= 15 is 0 Å². The van der Waals surface area contributed by atoms with Crippen molar-refractivity contribution in [3.05, 3.63) is 78.6 Å². The molecule has 3 heterocycles. The smallest absolute Gasteiger partial charge is 0.325 e. The van der Waals surface area contributed by atoms with E-state index in [0.29, 0.717) is 23.3 Å². The van der Waals surface area contributed by atoms with Gasteiger partial charge in [0.25, 0.3) is 0 Å². The molecule has 1 aliphatic heterocycles. The molecule has 5 rings (SSSR count). The van der Waals surface area contributed by atoms with Crippen LogP contribution in [-0.2, 0) is 4.74 Å². The minimum atomic E-state index is -0.130. The number of hydrogen-bond donors (Lipinski definition) is 1. The van der Waals surface area contributed by atoms with Gasteiger partial charge >= 0.3 is 6.01 Å². The minimum Gasteiger partial charge on any atom is -0.493 e. The average molecular weight is 400 g/mol. The molecule has 2 aromatic heterocycles. The predicted molar refractivity (Wildman–Crippen MR) is 113 cm³/mol. The fourth-order valence-electron chi connectivity index (χ4n) is 3.57. The zero-order valence-electron chi connectivity index (χ0n) is 16.2. The third-order valence-electron chi connectivity index (χ3n) is 5.11. The highest BCUT2D eigenvalue weighted by molar-refractivity contribution is 5.82. The molecule has 1 atom stereocenters. The summed E-state index contributed by atoms with van der Waals surface area (Å²) in [6.07, 6.45) is 3.20. The number of fused-ring (bicyclic) bond motifs is 1. The van der Waals surface area contributed by atoms with Crippen molar-refractivity contribution in [2.24, 2.45) is 0 Å². The number of morpholine rings is 1. The normalized spacial score (nSPS) is 16.5. The molecule has 0 saturated carbocycles. The highest BCUT2D eigenvalue weighted by atomic mass is 16.5. The van der Waals surface area contributed by atoms with Crippen LogP contribution in [0.5, 0.6) is 17.6 Å². The van der Waals surface area contributed by atoms with Gasteiger partial charge < -0.3 is 19.5 Å². The predicted octanol–water partition coefficient (Wildman–Crippen LogP) is 4.10. The molecule has 7 nitrogen and oxygen atoms in total. The zero-order valence-corrected chi connectivity index (χ0v) is 16.2. The van der Waals surface area contributed by atoms with E-state index in [2.05, 4.69) is 32.0 Å². The molecule has 0 aliphatic carbocycles. The van der Waals surface area contributed by atoms with Gasteiger partial charge in [0.05, 0.1) is 23.7 Å². The van der Waals surface area contributed by atoms with E-state index in [1.54, 1.807) is 18.5 Å². The standard InChI is InChI=1S/C23H20N4O3/c28-22-19-10-11-24-14-20(19)25-23(26-22)30-18-8-6-17(7-9-18)27-12-13-29-21(15-27)16-4-2-1-3-5-16/h1-11,14,21H,12-13,15H2,(H,25,26,28). The fourth-order valence-corrected chi connectivity index (χ4v) is 3.57. The summed E-state index contributed by atoms with van der Waals surface area (Å²) < 4.78 is 11.7. The highest BCUT2D eigenvalue weighted by Crippen LogP contribution is 2.29. The monoisotopic (exact) mass is 400 g/mol. The SMILES string of the molecule is Oc1nc(Oc2ccc(N3CCOC(c4ccccc4)C3)cc2)nc2cnccc12. The number of anilines is 1. The van der Waals surface area contributed by atoms with Gasteiger partial charge in [-0.15, -0.1) is 0 Å². The van der Waals surface area contributed by atoms with Crippen molar-refractivity contribution in [3.8, 4) is 17.6 Å². The third-order valence-corrected chi connectivity index (χ3v) is 5.11. The van der Waals surface area contributed by atoms with Crippen LogP contribution in [0, 0.1) is 0 Å². The first kappa shape index (κ1) is 18.3. The van der Waals surface area contributed by atoms with Gasteiger partial charge in [0.2, 0.25) is 5.88 Å². The van der Waals surface area contributed by atoms with Crippen molar-refractivity contribution in [2.45, 2.75) is 6.10 Å². The highest BCUT2D eigenvalue weighted by Gasteiger charge is 2.22. The molecule has 30 heavy (non-hydrogen) atoms. The summed E-state index contributed by atoms with van der Waals surface area (Å²) >= 11 is 0. The molecular formula is C23H20N4O3. The van der Waals surface area contributed by atoms with Crippen molar-refractivity contribution < 1.29 is 14.6 Å². The van der Waals surface area contributed by atoms with Gasteiger partial charge in [0, 0.05) is 25.0 Å². The number of aromatic hydroxyl groups is 1. The number of nitrogens with zero attached hydrogens (tertiary/aromatic N) is 4. The van der Waals surface area contributed by atoms with Crippen molar-refractivity contribution in [1.29, 1.82) is 0 Å². The van der Waals surface area contributed by atoms with Crippen LogP contribution in [0.15, 0.2) is 73.1 Å². The number of ether oxygens (including phenoxy) is 2. The maximum absolute atomic E-state index is 10.1. The number of benzene rings is 2. The lowest BCUT2D eigenvalue weighted by Gasteiger charge is -2.34. The molecule has 2 aromatic carbocycles. The molecule has 0 bridgehead atoms. The van der Waals surface area contributed by atoms with Crippen LogP contribution in [0.25, 0.3) is 10.9 Å². The summed E-state index contributed by atoms with van der Waals surface area (Å²) in [7, 11) is 0. The molecule has 1 fully saturated rings. The summed E-state index contributed by atoms with van der Waals surface area (Å²) in [5, 5.41) is 10.6. The fraction of sp³-hybridized carbons (Fsp3) is 0.174. The van der Waals surface area contributed by atoms with Crippen LogP contribution < -0.4 is 9.64 Å². The second-order valence-corrected chi connectivity index (χ2v) is 7.03. The van der Waals surface area contributed by atoms with Gasteiger partial charge in [-0.05, 0) is 35.9 Å². The Hall–Kier alpha value is -3.71. The Bertz CT molecular complexity index is 1150. The van der Waals surface area contributed by atoms with E-state index in [9.17, 15) is 5.11 Å². The lowest BCUT2D eigenvalue weighted by Crippen LogP contribution is -2.38. The molecule has 0 spiro atoms. The number of hydrogen-bond acceptors (Lipinski definition) is 7. The van der Waals surface area contributed by atoms with Crippen LogP contribution in [0.2, 0.25) is 0 Å². The Balaban J connectivity index is 1.31. The molecule has 1 N–H and O–H groups in total. The third kappa shape index (κ3) is 3.75. The molecule has 1 unspecified atom stereocenters. The second-order valence-electron chi connectivity index (χ2n) is 7.03. The summed E-state index contributed by atoms with van der Waals surface area (Å²) in [6.45, 7) is 2.30. The Morgan fingerprint density at radius 3 is 2.67 bits per heavy atom. The van der Waals surface area contributed by atoms with Crippen LogP contribution in [-0.4, -0.2) is 39.8 Å². The number of aromatic nitrogens is 3. The van der Waals surface area contributed by atoms with Gasteiger partial charge in [-0.25, -0.2) is 0 Å². The summed E-state index contributed by atoms with van der Waals surface area (Å²) in [5.74, 6) is 0.462. The van der Waals surface area contributed by atoms with Crippen molar-refractivity contribution in [1.82, 2.24) is 15.0 Å². The van der Waals surface area contributed by atoms with Gasteiger partial charge in [0.15, 0.2) is 0 Å². The van der Waals surface area contributed by atoms with Gasteiger partial charge in [-0.1, -0.05) is 30.3 Å². The maximum atomic E-state index is 10.1. The van der Waals surface area contributed by atoms with Crippen LogP contribution in [0.3, 0.4) is 0 Å². The van der Waals surface area contributed by atoms with Crippen molar-refractivity contribution in [2.75, 3.05) is 24.6 Å². The Morgan fingerprint density at radius 1 is 1.00 bits per heavy atom. The quantitative estimate of drug-likeness (QED) is 0.552. The number of rotatable bonds is 4. The topological polar surface area (TPSA) is 80.6 Å². The van der Waals surface area contributed by atoms with E-state index in [0.717, 1.165) is 18.8 Å². The van der Waals surface area contributed by atoms with E-state index in [4.69, 9.17) is 9.47 Å². The minimum absolute atomic E-state index is 0.0541. The van der Waals surface area contributed by atoms with Gasteiger partial charge in [0.1, 0.15) is 11.9 Å². The van der Waals surface area contributed by atoms with E-state index < -0.39 is 0 Å². The molecule has 0 amide bonds. The summed E-state index contributed by atoms with van der Waals surface area (Å²) in [5.41, 5.74) is 2.81. The van der Waals surface area contributed by atoms with Gasteiger partial charge in [-0.3, -0.25) is 4.98 Å². The lowest BCUT2D eigenvalue weighted by atomic mass is 10.1. The van der Waals surface area contributed by atoms with Crippen molar-refractivity contribution in [3.63, 3.8) is 0 Å². The maximum Gasteiger partial charge on any atom is 0.325 e. The molecule has 0 radical (unpaired) electrons. The second kappa shape index (κ2) is 7.96. The molecular weight excluding hydrogens is 380 g/mol. The largest absolute Gasteiger partial charge is 0.493 e. The number of pyridine rings is 1. The zero-order chi connectivity index (χ0) is 20.3. The summed E-state index contributed by atoms with van der Waals surface area (Å²) in [6, 6.07) is 19.8. The van der Waals surface area contributed by atoms with Crippen molar-refractivity contribution >= 4 is 16.6 Å². The first-order valence-corrected chi connectivity index (χ1v) is 9.76. The Morgan fingerprint density at radius 2 is 1.83 bits per heavy atom. The molecule has 7 heteroatoms. The van der Waals surface area contributed by atoms with Crippen LogP contribution in [0.1, 0.15) is 11.7 Å². The Kier molecular flexibility index (Phi) is 4.86. The van der Waals surface area contributed by atoms with E-state index in [1.807, 2.05) is 42.5 Å². The summed E-state index contributed by atoms with van der Waals surface area (Å²) in [4.78, 5) is 14.6. The van der Waals surface area contributed by atoms with Crippen LogP contribution >= 0.6 is 0 Å². The molecule has 150 valence electrons. The lowest BCUT2D eigenvalue weighted by molar-refractivity contribution is 0.0398. The average Bonchev–Trinajstić information content (AvgIpc) is 2.80.